The summed E-state index contributed by atoms with van der Waals surface area (Å²) in [6.07, 6.45) is 15.6. The molecule has 5 aromatic carbocycles. The van der Waals surface area contributed by atoms with Gasteiger partial charge in [0, 0.05) is 37.6 Å². The van der Waals surface area contributed by atoms with Gasteiger partial charge >= 0.3 is 0 Å². The summed E-state index contributed by atoms with van der Waals surface area (Å²) < 4.78 is 0. The molecule has 0 atom stereocenters. The highest BCUT2D eigenvalue weighted by atomic mass is 28.3. The number of nitrogens with zero attached hydrogens (tertiary/aromatic N) is 2. The molecule has 0 aromatic heterocycles. The van der Waals surface area contributed by atoms with Gasteiger partial charge < -0.3 is 9.80 Å². The zero-order valence-electron chi connectivity index (χ0n) is 32.9. The maximum atomic E-state index is 2.74. The van der Waals surface area contributed by atoms with Crippen LogP contribution in [0.2, 0.25) is 24.2 Å². The first-order valence-electron chi connectivity index (χ1n) is 21.6. The SMILES string of the molecule is c1ccc([Si]2(c3ccccc3)CCCCCN3CCCCC[Si](c4ccccc4)(c4ccccc4)CCCCCN(CCCCC2)c2ccc3cc2)cc1. The fraction of sp³-hybridized carbons (Fsp3) is 0.400. The molecule has 282 valence electrons. The number of rotatable bonds is 4. The number of fused-ring (bicyclic) bond motifs is 20. The summed E-state index contributed by atoms with van der Waals surface area (Å²) in [5.74, 6) is 0. The van der Waals surface area contributed by atoms with E-state index in [0.717, 1.165) is 26.2 Å². The van der Waals surface area contributed by atoms with E-state index in [1.54, 1.807) is 20.7 Å². The molecular weight excluding hydrogens is 685 g/mol. The average molecular weight is 749 g/mol. The number of hydrogen-bond acceptors (Lipinski definition) is 2. The molecule has 0 unspecified atom stereocenters. The molecule has 0 saturated carbocycles. The van der Waals surface area contributed by atoms with Crippen molar-refractivity contribution in [1.29, 1.82) is 0 Å². The highest BCUT2D eigenvalue weighted by Gasteiger charge is 2.37. The van der Waals surface area contributed by atoms with Crippen LogP contribution in [0.25, 0.3) is 0 Å². The predicted octanol–water partition coefficient (Wildman–Crippen LogP) is 10.5. The highest BCUT2D eigenvalue weighted by Crippen LogP contribution is 2.29. The van der Waals surface area contributed by atoms with E-state index >= 15 is 0 Å². The lowest BCUT2D eigenvalue weighted by molar-refractivity contribution is 0.628. The van der Waals surface area contributed by atoms with E-state index < -0.39 is 16.1 Å². The van der Waals surface area contributed by atoms with Gasteiger partial charge in [0.15, 0.2) is 0 Å². The smallest absolute Gasteiger partial charge is 0.118 e. The minimum Gasteiger partial charge on any atom is -0.372 e. The lowest BCUT2D eigenvalue weighted by Gasteiger charge is -2.34. The molecule has 0 N–H and O–H groups in total. The standard InChI is InChI=1S/C50H64N2Si2/c1-9-25-47(26-10-1)53(48-27-11-2-12-28-48)41-21-5-17-37-51-39-19-7-23-43-54(49-29-13-3-14-30-49,50-31-15-4-16-32-50)44-24-8-20-40-52(38-18-6-22-42-53)46-35-33-45(51)34-36-46/h1-4,9-16,25-36H,5-8,17-24,37-44H2. The Labute approximate surface area is 329 Å². The van der Waals surface area contributed by atoms with Crippen molar-refractivity contribution in [2.24, 2.45) is 0 Å². The van der Waals surface area contributed by atoms with Crippen LogP contribution in [0.4, 0.5) is 11.4 Å². The monoisotopic (exact) mass is 748 g/mol. The highest BCUT2D eigenvalue weighted by molar-refractivity contribution is 7.02. The third-order valence-corrected chi connectivity index (χ3v) is 23.6. The van der Waals surface area contributed by atoms with Crippen LogP contribution >= 0.6 is 0 Å². The largest absolute Gasteiger partial charge is 0.372 e. The fourth-order valence-electron chi connectivity index (χ4n) is 10.0. The normalized spacial score (nSPS) is 19.3. The van der Waals surface area contributed by atoms with E-state index in [1.165, 1.54) is 113 Å². The average Bonchev–Trinajstić information content (AvgIpc) is 3.24. The van der Waals surface area contributed by atoms with E-state index in [1.807, 2.05) is 0 Å². The summed E-state index contributed by atoms with van der Waals surface area (Å²) in [6.45, 7) is 4.62. The summed E-state index contributed by atoms with van der Waals surface area (Å²) in [7, 11) is -3.78. The second-order valence-corrected chi connectivity index (χ2v) is 25.0. The Bertz CT molecular complexity index is 1530. The quantitative estimate of drug-likeness (QED) is 0.169. The Morgan fingerprint density at radius 2 is 0.500 bits per heavy atom. The third-order valence-electron chi connectivity index (χ3n) is 13.0. The zero-order chi connectivity index (χ0) is 36.7. The van der Waals surface area contributed by atoms with Crippen LogP contribution in [-0.2, 0) is 0 Å². The van der Waals surface area contributed by atoms with Crippen molar-refractivity contribution in [3.8, 4) is 0 Å². The molecule has 0 saturated heterocycles. The van der Waals surface area contributed by atoms with Crippen LogP contribution in [0.3, 0.4) is 0 Å². The molecule has 0 amide bonds. The first-order chi connectivity index (χ1) is 26.8. The van der Waals surface area contributed by atoms with Crippen LogP contribution in [0.15, 0.2) is 146 Å². The summed E-state index contributed by atoms with van der Waals surface area (Å²) in [4.78, 5) is 5.48. The Morgan fingerprint density at radius 1 is 0.259 bits per heavy atom. The number of hydrogen-bond donors (Lipinski definition) is 0. The van der Waals surface area contributed by atoms with Gasteiger partial charge in [0.05, 0.1) is 0 Å². The van der Waals surface area contributed by atoms with E-state index in [0.29, 0.717) is 0 Å². The molecule has 54 heavy (non-hydrogen) atoms. The molecule has 0 aliphatic carbocycles. The lowest BCUT2D eigenvalue weighted by atomic mass is 10.1. The van der Waals surface area contributed by atoms with Gasteiger partial charge in [0.25, 0.3) is 0 Å². The maximum absolute atomic E-state index is 2.74. The van der Waals surface area contributed by atoms with Crippen LogP contribution < -0.4 is 30.5 Å². The Kier molecular flexibility index (Phi) is 14.0. The minimum atomic E-state index is -1.89. The molecule has 9 rings (SSSR count). The minimum absolute atomic E-state index is 1.15. The second kappa shape index (κ2) is 19.6. The molecule has 4 aliphatic rings. The van der Waals surface area contributed by atoms with Crippen LogP contribution in [0.5, 0.6) is 0 Å². The fourth-order valence-corrected chi connectivity index (χ4v) is 20.2. The van der Waals surface area contributed by atoms with Crippen LogP contribution in [0, 0.1) is 0 Å². The van der Waals surface area contributed by atoms with Crippen molar-refractivity contribution in [3.05, 3.63) is 146 Å². The predicted molar refractivity (Wildman–Crippen MR) is 241 cm³/mol. The molecule has 5 aromatic rings. The van der Waals surface area contributed by atoms with Crippen molar-refractivity contribution in [3.63, 3.8) is 0 Å². The molecule has 4 bridgehead atoms. The number of anilines is 2. The van der Waals surface area contributed by atoms with E-state index in [4.69, 9.17) is 0 Å². The third kappa shape index (κ3) is 9.49. The van der Waals surface area contributed by atoms with E-state index in [2.05, 4.69) is 155 Å². The number of benzene rings is 5. The second-order valence-electron chi connectivity index (χ2n) is 16.4. The van der Waals surface area contributed by atoms with Gasteiger partial charge in [-0.05, 0) is 74.1 Å². The van der Waals surface area contributed by atoms with Crippen molar-refractivity contribution in [2.75, 3.05) is 36.0 Å². The van der Waals surface area contributed by atoms with Crippen LogP contribution in [-0.4, -0.2) is 42.3 Å². The molecule has 0 spiro atoms. The van der Waals surface area contributed by atoms with Gasteiger partial charge in [-0.2, -0.15) is 0 Å². The molecular formula is C50H64N2Si2. The van der Waals surface area contributed by atoms with Gasteiger partial charge in [0.2, 0.25) is 0 Å². The summed E-state index contributed by atoms with van der Waals surface area (Å²) in [6, 6.07) is 62.1. The molecule has 2 nitrogen and oxygen atoms in total. The van der Waals surface area contributed by atoms with Crippen molar-refractivity contribution in [2.45, 2.75) is 101 Å². The Hall–Kier alpha value is -3.87. The van der Waals surface area contributed by atoms with Crippen LogP contribution in [0.1, 0.15) is 77.0 Å². The van der Waals surface area contributed by atoms with Gasteiger partial charge in [0.1, 0.15) is 16.1 Å². The van der Waals surface area contributed by atoms with Gasteiger partial charge in [-0.15, -0.1) is 0 Å². The van der Waals surface area contributed by atoms with E-state index in [9.17, 15) is 0 Å². The molecule has 4 aliphatic heterocycles. The first-order valence-corrected chi connectivity index (χ1v) is 26.4. The molecule has 0 fully saturated rings. The maximum Gasteiger partial charge on any atom is 0.118 e. The molecule has 4 heterocycles. The summed E-state index contributed by atoms with van der Waals surface area (Å²) in [5, 5.41) is 6.57. The van der Waals surface area contributed by atoms with E-state index in [-0.39, 0.29) is 0 Å². The van der Waals surface area contributed by atoms with Gasteiger partial charge in [-0.1, -0.05) is 193 Å². The summed E-state index contributed by atoms with van der Waals surface area (Å²) in [5.41, 5.74) is 2.84. The summed E-state index contributed by atoms with van der Waals surface area (Å²) >= 11 is 0. The van der Waals surface area contributed by atoms with Gasteiger partial charge in [-0.3, -0.25) is 0 Å². The Morgan fingerprint density at radius 3 is 0.741 bits per heavy atom. The van der Waals surface area contributed by atoms with Crippen molar-refractivity contribution in [1.82, 2.24) is 0 Å². The Balaban J connectivity index is 1.14. The van der Waals surface area contributed by atoms with Crippen molar-refractivity contribution >= 4 is 48.3 Å². The topological polar surface area (TPSA) is 6.48 Å². The zero-order valence-corrected chi connectivity index (χ0v) is 34.9. The van der Waals surface area contributed by atoms with Crippen molar-refractivity contribution < 1.29 is 0 Å². The molecule has 0 radical (unpaired) electrons. The lowest BCUT2D eigenvalue weighted by Crippen LogP contribution is -2.58. The van der Waals surface area contributed by atoms with Gasteiger partial charge in [-0.25, -0.2) is 0 Å². The first kappa shape index (κ1) is 38.4. The molecule has 4 heteroatoms.